The highest BCUT2D eigenvalue weighted by Gasteiger charge is 2.66. The fourth-order valence-corrected chi connectivity index (χ4v) is 7.61. The number of likely N-dealkylation sites (N-methyl/N-ethyl adjacent to an activating group) is 1. The van der Waals surface area contributed by atoms with Crippen LogP contribution < -0.4 is 9.47 Å². The van der Waals surface area contributed by atoms with E-state index < -0.39 is 0 Å². The Hall–Kier alpha value is -1.40. The molecule has 4 atom stereocenters. The van der Waals surface area contributed by atoms with Gasteiger partial charge in [0.25, 0.3) is 0 Å². The van der Waals surface area contributed by atoms with E-state index in [0.717, 1.165) is 41.6 Å². The maximum Gasteiger partial charge on any atom is 0.308 e. The summed E-state index contributed by atoms with van der Waals surface area (Å²) in [6, 6.07) is 2.27. The minimum Gasteiger partial charge on any atom is -0.493 e. The standard InChI is InChI=1S/C24H32BrNO4/c1-14(28)30-21-18(29-5)11-17(25)19-20(21)23(2)13-24(19,3)22(16(23)7-6-10-27)26(4)12-15-8-9-15/h10-11,15-16,22H,6-9,12-13H2,1-5H3/t16?,22?,23-,24?/m0/s1. The number of ether oxygens (including phenoxy) is 2. The Morgan fingerprint density at radius 2 is 2.00 bits per heavy atom. The summed E-state index contributed by atoms with van der Waals surface area (Å²) in [5, 5.41) is 0. The van der Waals surface area contributed by atoms with Crippen LogP contribution in [0.2, 0.25) is 0 Å². The zero-order valence-corrected chi connectivity index (χ0v) is 20.2. The molecular weight excluding hydrogens is 446 g/mol. The van der Waals surface area contributed by atoms with Crippen LogP contribution in [0, 0.1) is 11.8 Å². The molecule has 0 aliphatic heterocycles. The molecule has 2 saturated carbocycles. The van der Waals surface area contributed by atoms with Crippen molar-refractivity contribution in [3.8, 4) is 11.5 Å². The Balaban J connectivity index is 1.90. The molecule has 164 valence electrons. The molecule has 3 unspecified atom stereocenters. The number of esters is 1. The molecule has 3 aliphatic rings. The van der Waals surface area contributed by atoms with Crippen molar-refractivity contribution in [3.05, 3.63) is 21.7 Å². The fraction of sp³-hybridized carbons (Fsp3) is 0.667. The largest absolute Gasteiger partial charge is 0.493 e. The van der Waals surface area contributed by atoms with Gasteiger partial charge in [0.05, 0.1) is 7.11 Å². The molecule has 0 heterocycles. The number of halogens is 1. The number of carbonyl (C=O) groups excluding carboxylic acids is 2. The molecule has 1 aromatic rings. The summed E-state index contributed by atoms with van der Waals surface area (Å²) >= 11 is 3.82. The molecule has 2 fully saturated rings. The number of methoxy groups -OCH3 is 1. The minimum absolute atomic E-state index is 0.0960. The lowest BCUT2D eigenvalue weighted by molar-refractivity contribution is -0.132. The van der Waals surface area contributed by atoms with Crippen LogP contribution in [0.4, 0.5) is 0 Å². The molecule has 30 heavy (non-hydrogen) atoms. The summed E-state index contributed by atoms with van der Waals surface area (Å²) < 4.78 is 12.4. The van der Waals surface area contributed by atoms with E-state index in [1.807, 2.05) is 6.07 Å². The van der Waals surface area contributed by atoms with E-state index in [4.69, 9.17) is 9.47 Å². The number of rotatable bonds is 8. The third-order valence-corrected chi connectivity index (χ3v) is 8.33. The third-order valence-electron chi connectivity index (χ3n) is 7.71. The first-order valence-electron chi connectivity index (χ1n) is 10.9. The van der Waals surface area contributed by atoms with Gasteiger partial charge in [-0.1, -0.05) is 29.8 Å². The highest BCUT2D eigenvalue weighted by molar-refractivity contribution is 9.10. The summed E-state index contributed by atoms with van der Waals surface area (Å²) in [5.74, 6) is 1.88. The van der Waals surface area contributed by atoms with Crippen molar-refractivity contribution in [2.75, 3.05) is 20.7 Å². The second-order valence-electron chi connectivity index (χ2n) is 9.92. The van der Waals surface area contributed by atoms with Gasteiger partial charge in [-0.05, 0) is 56.2 Å². The van der Waals surface area contributed by atoms with Gasteiger partial charge in [-0.3, -0.25) is 4.79 Å². The molecule has 6 heteroatoms. The van der Waals surface area contributed by atoms with Gasteiger partial charge in [0.15, 0.2) is 11.5 Å². The lowest BCUT2D eigenvalue weighted by atomic mass is 9.65. The Morgan fingerprint density at radius 3 is 2.57 bits per heavy atom. The molecule has 0 saturated heterocycles. The van der Waals surface area contributed by atoms with Crippen molar-refractivity contribution in [1.29, 1.82) is 0 Å². The van der Waals surface area contributed by atoms with Gasteiger partial charge in [0, 0.05) is 46.8 Å². The number of fused-ring (bicyclic) bond motifs is 5. The number of aldehydes is 1. The molecule has 2 bridgehead atoms. The molecular formula is C24H32BrNO4. The summed E-state index contributed by atoms with van der Waals surface area (Å²) in [4.78, 5) is 25.8. The Morgan fingerprint density at radius 1 is 1.30 bits per heavy atom. The third kappa shape index (κ3) is 3.22. The van der Waals surface area contributed by atoms with Crippen LogP contribution in [0.3, 0.4) is 0 Å². The first-order chi connectivity index (χ1) is 14.2. The van der Waals surface area contributed by atoms with Crippen molar-refractivity contribution in [2.45, 2.75) is 69.7 Å². The van der Waals surface area contributed by atoms with Crippen molar-refractivity contribution < 1.29 is 19.1 Å². The number of carbonyl (C=O) groups is 2. The van der Waals surface area contributed by atoms with E-state index in [2.05, 4.69) is 41.7 Å². The molecule has 5 nitrogen and oxygen atoms in total. The summed E-state index contributed by atoms with van der Waals surface area (Å²) in [6.07, 6.45) is 6.02. The second-order valence-corrected chi connectivity index (χ2v) is 10.8. The SMILES string of the molecule is COc1cc(Br)c2c(c1OC(C)=O)[C@@]1(C)CC2(C)C(N(C)CC2CC2)C1CCC=O. The quantitative estimate of drug-likeness (QED) is 0.310. The van der Waals surface area contributed by atoms with E-state index in [-0.39, 0.29) is 16.8 Å². The number of nitrogens with zero attached hydrogens (tertiary/aromatic N) is 1. The molecule has 3 aliphatic carbocycles. The van der Waals surface area contributed by atoms with Gasteiger partial charge in [-0.25, -0.2) is 0 Å². The molecule has 0 N–H and O–H groups in total. The van der Waals surface area contributed by atoms with Crippen LogP contribution in [-0.2, 0) is 20.4 Å². The predicted molar refractivity (Wildman–Crippen MR) is 119 cm³/mol. The summed E-state index contributed by atoms with van der Waals surface area (Å²) in [6.45, 7) is 7.17. The Bertz CT molecular complexity index is 882. The minimum atomic E-state index is -0.346. The maximum atomic E-state index is 12.0. The highest BCUT2D eigenvalue weighted by Crippen LogP contribution is 2.69. The average Bonchev–Trinajstić information content (AvgIpc) is 3.39. The van der Waals surface area contributed by atoms with E-state index >= 15 is 0 Å². The van der Waals surface area contributed by atoms with Crippen LogP contribution in [0.15, 0.2) is 10.5 Å². The van der Waals surface area contributed by atoms with Crippen molar-refractivity contribution in [3.63, 3.8) is 0 Å². The van der Waals surface area contributed by atoms with Crippen molar-refractivity contribution >= 4 is 28.2 Å². The molecule has 1 aromatic carbocycles. The van der Waals surface area contributed by atoms with Gasteiger partial charge in [0.2, 0.25) is 0 Å². The van der Waals surface area contributed by atoms with E-state index in [9.17, 15) is 9.59 Å². The van der Waals surface area contributed by atoms with Crippen molar-refractivity contribution in [2.24, 2.45) is 11.8 Å². The summed E-state index contributed by atoms with van der Waals surface area (Å²) in [5.41, 5.74) is 2.02. The zero-order valence-electron chi connectivity index (χ0n) is 18.6. The molecule has 0 amide bonds. The van der Waals surface area contributed by atoms with Gasteiger partial charge in [0.1, 0.15) is 6.29 Å². The normalized spacial score (nSPS) is 31.7. The van der Waals surface area contributed by atoms with Gasteiger partial charge in [-0.2, -0.15) is 0 Å². The van der Waals surface area contributed by atoms with E-state index in [1.54, 1.807) is 7.11 Å². The van der Waals surface area contributed by atoms with Crippen LogP contribution in [0.5, 0.6) is 11.5 Å². The number of hydrogen-bond donors (Lipinski definition) is 0. The Kier molecular flexibility index (Phi) is 5.55. The highest BCUT2D eigenvalue weighted by atomic mass is 79.9. The van der Waals surface area contributed by atoms with E-state index in [1.165, 1.54) is 25.3 Å². The summed E-state index contributed by atoms with van der Waals surface area (Å²) in [7, 11) is 3.85. The van der Waals surface area contributed by atoms with Crippen LogP contribution in [0.25, 0.3) is 0 Å². The molecule has 0 aromatic heterocycles. The molecule has 0 spiro atoms. The molecule has 4 rings (SSSR count). The van der Waals surface area contributed by atoms with Gasteiger partial charge >= 0.3 is 5.97 Å². The molecule has 0 radical (unpaired) electrons. The van der Waals surface area contributed by atoms with Crippen molar-refractivity contribution in [1.82, 2.24) is 4.90 Å². The lowest BCUT2D eigenvalue weighted by Gasteiger charge is -2.47. The van der Waals surface area contributed by atoms with E-state index in [0.29, 0.717) is 29.9 Å². The topological polar surface area (TPSA) is 55.8 Å². The first-order valence-corrected chi connectivity index (χ1v) is 11.7. The number of benzene rings is 1. The monoisotopic (exact) mass is 477 g/mol. The zero-order chi connectivity index (χ0) is 21.8. The lowest BCUT2D eigenvalue weighted by Crippen LogP contribution is -2.51. The van der Waals surface area contributed by atoms with Crippen LogP contribution in [-0.4, -0.2) is 43.9 Å². The first kappa shape index (κ1) is 21.8. The second kappa shape index (κ2) is 7.63. The van der Waals surface area contributed by atoms with Gasteiger partial charge < -0.3 is 19.2 Å². The van der Waals surface area contributed by atoms with Crippen LogP contribution in [0.1, 0.15) is 64.0 Å². The number of hydrogen-bond acceptors (Lipinski definition) is 5. The smallest absolute Gasteiger partial charge is 0.308 e. The predicted octanol–water partition coefficient (Wildman–Crippen LogP) is 4.62. The maximum absolute atomic E-state index is 12.0. The van der Waals surface area contributed by atoms with Gasteiger partial charge in [-0.15, -0.1) is 0 Å². The van der Waals surface area contributed by atoms with Crippen LogP contribution >= 0.6 is 15.9 Å². The Labute approximate surface area is 187 Å². The average molecular weight is 478 g/mol. The fourth-order valence-electron chi connectivity index (χ4n) is 6.75.